The van der Waals surface area contributed by atoms with Crippen LogP contribution in [-0.4, -0.2) is 37.0 Å². The van der Waals surface area contributed by atoms with Crippen molar-refractivity contribution in [3.05, 3.63) is 45.3 Å². The third kappa shape index (κ3) is 3.01. The molecule has 1 N–H and O–H groups in total. The van der Waals surface area contributed by atoms with Crippen molar-refractivity contribution in [2.75, 3.05) is 26.2 Å². The number of rotatable bonds is 2. The number of hydrogen-bond donors (Lipinski definition) is 1. The van der Waals surface area contributed by atoms with Gasteiger partial charge in [-0.3, -0.25) is 4.79 Å². The monoisotopic (exact) mass is 366 g/mol. The zero-order valence-electron chi connectivity index (χ0n) is 12.4. The van der Waals surface area contributed by atoms with Gasteiger partial charge in [-0.1, -0.05) is 23.2 Å². The van der Waals surface area contributed by atoms with Crippen LogP contribution in [0.2, 0.25) is 10.0 Å². The number of thiophene rings is 1. The minimum Gasteiger partial charge on any atom is -0.337 e. The van der Waals surface area contributed by atoms with Crippen molar-refractivity contribution in [3.8, 4) is 10.4 Å². The van der Waals surface area contributed by atoms with Gasteiger partial charge in [0.2, 0.25) is 0 Å². The molecule has 2 aliphatic rings. The summed E-state index contributed by atoms with van der Waals surface area (Å²) in [7, 11) is 0. The van der Waals surface area contributed by atoms with Gasteiger partial charge >= 0.3 is 0 Å². The number of nitrogens with one attached hydrogen (secondary N) is 1. The molecule has 2 aliphatic heterocycles. The van der Waals surface area contributed by atoms with Crippen LogP contribution in [-0.2, 0) is 0 Å². The highest BCUT2D eigenvalue weighted by molar-refractivity contribution is 7.17. The van der Waals surface area contributed by atoms with Crippen LogP contribution in [0, 0.1) is 11.8 Å². The zero-order valence-corrected chi connectivity index (χ0v) is 14.7. The maximum Gasteiger partial charge on any atom is 0.263 e. The molecule has 1 aromatic carbocycles. The number of likely N-dealkylation sites (tertiary alicyclic amines) is 1. The predicted molar refractivity (Wildman–Crippen MR) is 95.5 cm³/mol. The highest BCUT2D eigenvalue weighted by Crippen LogP contribution is 2.34. The summed E-state index contributed by atoms with van der Waals surface area (Å²) < 4.78 is 0. The summed E-state index contributed by atoms with van der Waals surface area (Å²) in [5, 5.41) is 4.61. The van der Waals surface area contributed by atoms with Crippen LogP contribution in [0.25, 0.3) is 10.4 Å². The first-order chi connectivity index (χ1) is 11.1. The van der Waals surface area contributed by atoms with Gasteiger partial charge in [-0.15, -0.1) is 11.3 Å². The molecular formula is C17H16Cl2N2OS. The minimum atomic E-state index is 0.142. The molecule has 1 amide bonds. The van der Waals surface area contributed by atoms with Crippen LogP contribution in [0.1, 0.15) is 9.67 Å². The topological polar surface area (TPSA) is 32.3 Å². The number of carbonyl (C=O) groups is 1. The molecule has 0 bridgehead atoms. The van der Waals surface area contributed by atoms with Gasteiger partial charge in [0.05, 0.1) is 4.88 Å². The third-order valence-electron chi connectivity index (χ3n) is 4.64. The van der Waals surface area contributed by atoms with E-state index in [9.17, 15) is 4.79 Å². The molecule has 0 unspecified atom stereocenters. The lowest BCUT2D eigenvalue weighted by molar-refractivity contribution is 0.0786. The lowest BCUT2D eigenvalue weighted by Gasteiger charge is -2.16. The Kier molecular flexibility index (Phi) is 4.10. The number of amides is 1. The molecule has 1 aromatic heterocycles. The van der Waals surface area contributed by atoms with Gasteiger partial charge < -0.3 is 10.2 Å². The van der Waals surface area contributed by atoms with E-state index in [4.69, 9.17) is 23.2 Å². The predicted octanol–water partition coefficient (Wildman–Crippen LogP) is 4.01. The van der Waals surface area contributed by atoms with Gasteiger partial charge in [-0.2, -0.15) is 0 Å². The molecule has 2 saturated heterocycles. The first-order valence-electron chi connectivity index (χ1n) is 7.66. The molecule has 23 heavy (non-hydrogen) atoms. The van der Waals surface area contributed by atoms with Crippen molar-refractivity contribution in [1.29, 1.82) is 0 Å². The Balaban J connectivity index is 1.54. The molecular weight excluding hydrogens is 351 g/mol. The zero-order chi connectivity index (χ0) is 16.0. The lowest BCUT2D eigenvalue weighted by atomic mass is 10.0. The summed E-state index contributed by atoms with van der Waals surface area (Å²) in [5.74, 6) is 1.37. The van der Waals surface area contributed by atoms with Crippen LogP contribution >= 0.6 is 34.5 Å². The average molecular weight is 367 g/mol. The standard InChI is InChI=1S/C17H16Cl2N2OS/c18-13-3-10(4-14(19)5-13)15-1-2-16(23-15)17(22)21-8-11-6-20-7-12(11)9-21/h1-5,11-12,20H,6-9H2/t11-,12+. The minimum absolute atomic E-state index is 0.142. The molecule has 4 rings (SSSR count). The van der Waals surface area contributed by atoms with Gasteiger partial charge in [0.1, 0.15) is 0 Å². The van der Waals surface area contributed by atoms with Crippen molar-refractivity contribution >= 4 is 40.4 Å². The Labute approximate surface area is 149 Å². The van der Waals surface area contributed by atoms with Gasteiger partial charge in [0, 0.05) is 41.1 Å². The summed E-state index contributed by atoms with van der Waals surface area (Å²) in [6.45, 7) is 3.80. The van der Waals surface area contributed by atoms with Crippen molar-refractivity contribution in [3.63, 3.8) is 0 Å². The van der Waals surface area contributed by atoms with E-state index in [0.29, 0.717) is 21.9 Å². The van der Waals surface area contributed by atoms with Crippen LogP contribution in [0.4, 0.5) is 0 Å². The molecule has 2 aromatic rings. The van der Waals surface area contributed by atoms with E-state index in [0.717, 1.165) is 41.5 Å². The van der Waals surface area contributed by atoms with E-state index in [1.807, 2.05) is 29.2 Å². The van der Waals surface area contributed by atoms with Crippen LogP contribution in [0.15, 0.2) is 30.3 Å². The van der Waals surface area contributed by atoms with Crippen molar-refractivity contribution in [2.45, 2.75) is 0 Å². The van der Waals surface area contributed by atoms with Gasteiger partial charge in [0.25, 0.3) is 5.91 Å². The van der Waals surface area contributed by atoms with E-state index < -0.39 is 0 Å². The summed E-state index contributed by atoms with van der Waals surface area (Å²) in [5.41, 5.74) is 0.953. The summed E-state index contributed by atoms with van der Waals surface area (Å²) in [6.07, 6.45) is 0. The largest absolute Gasteiger partial charge is 0.337 e. The van der Waals surface area contributed by atoms with Crippen molar-refractivity contribution in [2.24, 2.45) is 11.8 Å². The van der Waals surface area contributed by atoms with Crippen LogP contribution in [0.5, 0.6) is 0 Å². The van der Waals surface area contributed by atoms with Crippen LogP contribution < -0.4 is 5.32 Å². The van der Waals surface area contributed by atoms with E-state index in [1.165, 1.54) is 11.3 Å². The SMILES string of the molecule is O=C(c1ccc(-c2cc(Cl)cc(Cl)c2)s1)N1C[C@H]2CNC[C@H]2C1. The smallest absolute Gasteiger partial charge is 0.263 e. The molecule has 3 heterocycles. The normalized spacial score (nSPS) is 23.3. The van der Waals surface area contributed by atoms with Crippen LogP contribution in [0.3, 0.4) is 0 Å². The number of hydrogen-bond acceptors (Lipinski definition) is 3. The van der Waals surface area contributed by atoms with E-state index >= 15 is 0 Å². The second-order valence-electron chi connectivity index (χ2n) is 6.21. The average Bonchev–Trinajstić information content (AvgIpc) is 3.21. The Morgan fingerprint density at radius 2 is 1.74 bits per heavy atom. The highest BCUT2D eigenvalue weighted by Gasteiger charge is 2.38. The number of fused-ring (bicyclic) bond motifs is 1. The van der Waals surface area contributed by atoms with E-state index in [-0.39, 0.29) is 5.91 Å². The number of halogens is 2. The fourth-order valence-electron chi connectivity index (χ4n) is 3.48. The molecule has 0 aliphatic carbocycles. The Bertz CT molecular complexity index is 729. The molecule has 120 valence electrons. The maximum atomic E-state index is 12.7. The summed E-state index contributed by atoms with van der Waals surface area (Å²) in [6, 6.07) is 9.34. The molecule has 2 atom stereocenters. The third-order valence-corrected chi connectivity index (χ3v) is 6.20. The Morgan fingerprint density at radius 1 is 1.09 bits per heavy atom. The maximum absolute atomic E-state index is 12.7. The fraction of sp³-hybridized carbons (Fsp3) is 0.353. The quantitative estimate of drug-likeness (QED) is 0.870. The second kappa shape index (κ2) is 6.10. The molecule has 3 nitrogen and oxygen atoms in total. The molecule has 0 radical (unpaired) electrons. The Hall–Kier alpha value is -1.07. The van der Waals surface area contributed by atoms with E-state index in [2.05, 4.69) is 5.32 Å². The number of nitrogens with zero attached hydrogens (tertiary/aromatic N) is 1. The van der Waals surface area contributed by atoms with Crippen molar-refractivity contribution < 1.29 is 4.79 Å². The number of benzene rings is 1. The van der Waals surface area contributed by atoms with Gasteiger partial charge in [-0.25, -0.2) is 0 Å². The first kappa shape index (κ1) is 15.5. The molecule has 0 spiro atoms. The summed E-state index contributed by atoms with van der Waals surface area (Å²) in [4.78, 5) is 16.5. The summed E-state index contributed by atoms with van der Waals surface area (Å²) >= 11 is 13.6. The van der Waals surface area contributed by atoms with E-state index in [1.54, 1.807) is 6.07 Å². The second-order valence-corrected chi connectivity index (χ2v) is 8.17. The lowest BCUT2D eigenvalue weighted by Crippen LogP contribution is -2.31. The van der Waals surface area contributed by atoms with Gasteiger partial charge in [-0.05, 0) is 47.7 Å². The fourth-order valence-corrected chi connectivity index (χ4v) is 4.97. The molecule has 2 fully saturated rings. The molecule has 6 heteroatoms. The number of carbonyl (C=O) groups excluding carboxylic acids is 1. The molecule has 0 saturated carbocycles. The Morgan fingerprint density at radius 3 is 2.39 bits per heavy atom. The van der Waals surface area contributed by atoms with Crippen molar-refractivity contribution in [1.82, 2.24) is 10.2 Å². The first-order valence-corrected chi connectivity index (χ1v) is 9.23. The highest BCUT2D eigenvalue weighted by atomic mass is 35.5. The van der Waals surface area contributed by atoms with Gasteiger partial charge in [0.15, 0.2) is 0 Å².